The third-order valence-corrected chi connectivity index (χ3v) is 6.36. The molecule has 12 heteroatoms. The fourth-order valence-corrected chi connectivity index (χ4v) is 4.29. The predicted molar refractivity (Wildman–Crippen MR) is 136 cm³/mol. The average molecular weight is 513 g/mol. The van der Waals surface area contributed by atoms with Gasteiger partial charge >= 0.3 is 0 Å². The molecule has 11 nitrogen and oxygen atoms in total. The number of nitro groups is 1. The third-order valence-electron chi connectivity index (χ3n) is 5.39. The monoisotopic (exact) mass is 512 g/mol. The number of thioether (sulfide) groups is 1. The Balaban J connectivity index is 1.59. The molecule has 3 aromatic rings. The standard InChI is InChI=1S/C24H28N6O5S/c1-5-29-23(16(3)25-21(31)12-17-7-10-19(35-4)11-8-17)27-28-24(29)36-14-22(32)26-20-13-18(30(33)34)9-6-15(20)2/h6-11,13,16H,5,12,14H2,1-4H3,(H,25,31)(H,26,32)/t16-/m0/s1. The van der Waals surface area contributed by atoms with Gasteiger partial charge in [0.1, 0.15) is 5.75 Å². The summed E-state index contributed by atoms with van der Waals surface area (Å²) in [5.41, 5.74) is 1.87. The van der Waals surface area contributed by atoms with Crippen molar-refractivity contribution in [1.29, 1.82) is 0 Å². The molecule has 190 valence electrons. The number of hydrogen-bond donors (Lipinski definition) is 2. The molecule has 0 fully saturated rings. The molecule has 2 aromatic carbocycles. The Labute approximate surface area is 212 Å². The van der Waals surface area contributed by atoms with Crippen molar-refractivity contribution in [3.8, 4) is 5.75 Å². The van der Waals surface area contributed by atoms with Gasteiger partial charge in [0, 0.05) is 18.7 Å². The van der Waals surface area contributed by atoms with E-state index in [9.17, 15) is 19.7 Å². The molecule has 2 amide bonds. The number of nitro benzene ring substituents is 1. The summed E-state index contributed by atoms with van der Waals surface area (Å²) in [5.74, 6) is 0.870. The molecule has 0 saturated heterocycles. The van der Waals surface area contributed by atoms with Crippen molar-refractivity contribution in [3.05, 3.63) is 69.5 Å². The lowest BCUT2D eigenvalue weighted by atomic mass is 10.1. The zero-order valence-corrected chi connectivity index (χ0v) is 21.3. The minimum atomic E-state index is -0.508. The van der Waals surface area contributed by atoms with Crippen molar-refractivity contribution in [2.24, 2.45) is 0 Å². The molecular formula is C24H28N6O5S. The highest BCUT2D eigenvalue weighted by atomic mass is 32.2. The SMILES string of the molecule is CCn1c(SCC(=O)Nc2cc([N+](=O)[O-])ccc2C)nnc1[C@H](C)NC(=O)Cc1ccc(OC)cc1. The first-order valence-electron chi connectivity index (χ1n) is 11.2. The Bertz CT molecular complexity index is 1240. The number of nitrogens with zero attached hydrogens (tertiary/aromatic N) is 4. The maximum absolute atomic E-state index is 12.5. The van der Waals surface area contributed by atoms with E-state index in [0.29, 0.717) is 23.2 Å². The molecule has 0 aliphatic rings. The molecule has 1 aromatic heterocycles. The molecular weight excluding hydrogens is 484 g/mol. The van der Waals surface area contributed by atoms with Crippen LogP contribution in [0.4, 0.5) is 11.4 Å². The number of aromatic nitrogens is 3. The molecule has 0 radical (unpaired) electrons. The molecule has 0 bridgehead atoms. The normalized spacial score (nSPS) is 11.6. The highest BCUT2D eigenvalue weighted by Gasteiger charge is 2.20. The highest BCUT2D eigenvalue weighted by molar-refractivity contribution is 7.99. The Morgan fingerprint density at radius 1 is 1.17 bits per heavy atom. The smallest absolute Gasteiger partial charge is 0.271 e. The largest absolute Gasteiger partial charge is 0.497 e. The number of anilines is 1. The second-order valence-corrected chi connectivity index (χ2v) is 8.93. The zero-order valence-electron chi connectivity index (χ0n) is 20.5. The average Bonchev–Trinajstić information content (AvgIpc) is 3.27. The summed E-state index contributed by atoms with van der Waals surface area (Å²) < 4.78 is 6.98. The fourth-order valence-electron chi connectivity index (χ4n) is 3.48. The molecule has 0 spiro atoms. The van der Waals surface area contributed by atoms with E-state index in [-0.39, 0.29) is 35.7 Å². The molecule has 0 aliphatic heterocycles. The Morgan fingerprint density at radius 2 is 1.89 bits per heavy atom. The van der Waals surface area contributed by atoms with Gasteiger partial charge in [-0.1, -0.05) is 30.0 Å². The van der Waals surface area contributed by atoms with E-state index in [1.165, 1.54) is 23.9 Å². The van der Waals surface area contributed by atoms with E-state index in [0.717, 1.165) is 16.9 Å². The van der Waals surface area contributed by atoms with E-state index in [1.54, 1.807) is 32.2 Å². The fraction of sp³-hybridized carbons (Fsp3) is 0.333. The van der Waals surface area contributed by atoms with Crippen LogP contribution in [0.5, 0.6) is 5.75 Å². The number of rotatable bonds is 11. The Hall–Kier alpha value is -3.93. The van der Waals surface area contributed by atoms with Crippen molar-refractivity contribution in [2.75, 3.05) is 18.2 Å². The third kappa shape index (κ3) is 6.81. The molecule has 1 heterocycles. The van der Waals surface area contributed by atoms with Crippen LogP contribution >= 0.6 is 11.8 Å². The second-order valence-electron chi connectivity index (χ2n) is 7.99. The molecule has 1 atom stereocenters. The Morgan fingerprint density at radius 3 is 2.53 bits per heavy atom. The van der Waals surface area contributed by atoms with Crippen molar-refractivity contribution in [1.82, 2.24) is 20.1 Å². The number of methoxy groups -OCH3 is 1. The second kappa shape index (κ2) is 12.2. The van der Waals surface area contributed by atoms with Gasteiger partial charge in [0.2, 0.25) is 11.8 Å². The van der Waals surface area contributed by atoms with E-state index in [4.69, 9.17) is 4.74 Å². The summed E-state index contributed by atoms with van der Waals surface area (Å²) >= 11 is 1.20. The van der Waals surface area contributed by atoms with Gasteiger partial charge in [-0.2, -0.15) is 0 Å². The lowest BCUT2D eigenvalue weighted by molar-refractivity contribution is -0.384. The summed E-state index contributed by atoms with van der Waals surface area (Å²) in [6, 6.07) is 11.2. The first-order valence-corrected chi connectivity index (χ1v) is 12.2. The summed E-state index contributed by atoms with van der Waals surface area (Å²) in [6.45, 7) is 6.06. The topological polar surface area (TPSA) is 141 Å². The van der Waals surface area contributed by atoms with Gasteiger partial charge in [-0.25, -0.2) is 0 Å². The van der Waals surface area contributed by atoms with Crippen LogP contribution in [0.15, 0.2) is 47.6 Å². The van der Waals surface area contributed by atoms with Gasteiger partial charge in [0.25, 0.3) is 5.69 Å². The Kier molecular flexibility index (Phi) is 9.01. The zero-order chi connectivity index (χ0) is 26.2. The van der Waals surface area contributed by atoms with Gasteiger partial charge < -0.3 is 19.9 Å². The van der Waals surface area contributed by atoms with Gasteiger partial charge in [0.05, 0.1) is 35.9 Å². The molecule has 3 rings (SSSR count). The quantitative estimate of drug-likeness (QED) is 0.225. The maximum atomic E-state index is 12.5. The van der Waals surface area contributed by atoms with Crippen molar-refractivity contribution >= 4 is 35.0 Å². The number of carbonyl (C=O) groups excluding carboxylic acids is 2. The molecule has 0 unspecified atom stereocenters. The number of aryl methyl sites for hydroxylation is 1. The number of hydrogen-bond acceptors (Lipinski definition) is 8. The summed E-state index contributed by atoms with van der Waals surface area (Å²) in [7, 11) is 1.59. The number of ether oxygens (including phenoxy) is 1. The van der Waals surface area contributed by atoms with Crippen LogP contribution in [0.2, 0.25) is 0 Å². The number of benzene rings is 2. The number of carbonyl (C=O) groups is 2. The number of nitrogens with one attached hydrogen (secondary N) is 2. The van der Waals surface area contributed by atoms with Crippen LogP contribution in [0, 0.1) is 17.0 Å². The lowest BCUT2D eigenvalue weighted by Gasteiger charge is -2.15. The predicted octanol–water partition coefficient (Wildman–Crippen LogP) is 3.67. The molecule has 0 aliphatic carbocycles. The van der Waals surface area contributed by atoms with Crippen molar-refractivity contribution < 1.29 is 19.2 Å². The first kappa shape index (κ1) is 26.7. The highest BCUT2D eigenvalue weighted by Crippen LogP contribution is 2.24. The first-order chi connectivity index (χ1) is 17.2. The summed E-state index contributed by atoms with van der Waals surface area (Å²) in [6.07, 6.45) is 0.216. The van der Waals surface area contributed by atoms with E-state index >= 15 is 0 Å². The van der Waals surface area contributed by atoms with Gasteiger partial charge in [0.15, 0.2) is 11.0 Å². The van der Waals surface area contributed by atoms with Crippen molar-refractivity contribution in [3.63, 3.8) is 0 Å². The molecule has 0 saturated carbocycles. The summed E-state index contributed by atoms with van der Waals surface area (Å²) in [4.78, 5) is 35.5. The minimum absolute atomic E-state index is 0.0402. The number of amides is 2. The van der Waals surface area contributed by atoms with Crippen LogP contribution in [0.3, 0.4) is 0 Å². The van der Waals surface area contributed by atoms with Gasteiger partial charge in [-0.3, -0.25) is 19.7 Å². The van der Waals surface area contributed by atoms with Crippen LogP contribution in [-0.2, 0) is 22.6 Å². The maximum Gasteiger partial charge on any atom is 0.271 e. The van der Waals surface area contributed by atoms with E-state index in [1.807, 2.05) is 30.5 Å². The van der Waals surface area contributed by atoms with Crippen LogP contribution in [0.1, 0.15) is 36.8 Å². The minimum Gasteiger partial charge on any atom is -0.497 e. The van der Waals surface area contributed by atoms with Gasteiger partial charge in [-0.05, 0) is 44.0 Å². The van der Waals surface area contributed by atoms with Crippen LogP contribution in [-0.4, -0.2) is 44.4 Å². The number of non-ortho nitro benzene ring substituents is 1. The van der Waals surface area contributed by atoms with E-state index < -0.39 is 4.92 Å². The van der Waals surface area contributed by atoms with Gasteiger partial charge in [-0.15, -0.1) is 10.2 Å². The van der Waals surface area contributed by atoms with Crippen LogP contribution in [0.25, 0.3) is 0 Å². The lowest BCUT2D eigenvalue weighted by Crippen LogP contribution is -2.30. The summed E-state index contributed by atoms with van der Waals surface area (Å²) in [5, 5.41) is 25.6. The van der Waals surface area contributed by atoms with Crippen molar-refractivity contribution in [2.45, 2.75) is 44.9 Å². The molecule has 2 N–H and O–H groups in total. The van der Waals surface area contributed by atoms with Crippen LogP contribution < -0.4 is 15.4 Å². The van der Waals surface area contributed by atoms with E-state index in [2.05, 4.69) is 20.8 Å². The molecule has 36 heavy (non-hydrogen) atoms.